The third-order valence-corrected chi connectivity index (χ3v) is 3.34. The average Bonchev–Trinajstić information content (AvgIpc) is 2.36. The molecular weight excluding hydrogens is 335 g/mol. The number of hydrogen-bond donors (Lipinski definition) is 2. The maximum atomic E-state index is 13.1. The smallest absolute Gasteiger partial charge is 0.255 e. The van der Waals surface area contributed by atoms with Gasteiger partial charge < -0.3 is 11.1 Å². The van der Waals surface area contributed by atoms with Crippen LogP contribution in [0.2, 0.25) is 5.02 Å². The van der Waals surface area contributed by atoms with Crippen LogP contribution in [0.1, 0.15) is 10.4 Å². The number of nitrogens with two attached hydrogens (primary N) is 1. The van der Waals surface area contributed by atoms with Gasteiger partial charge in [0.05, 0.1) is 15.2 Å². The van der Waals surface area contributed by atoms with Crippen LogP contribution in [0.5, 0.6) is 0 Å². The summed E-state index contributed by atoms with van der Waals surface area (Å²) in [4.78, 5) is 12.0. The average molecular weight is 344 g/mol. The van der Waals surface area contributed by atoms with E-state index < -0.39 is 5.82 Å². The number of nitrogens with one attached hydrogen (secondary N) is 1. The van der Waals surface area contributed by atoms with Gasteiger partial charge in [-0.3, -0.25) is 4.79 Å². The number of amides is 1. The first-order valence-electron chi connectivity index (χ1n) is 5.29. The molecule has 3 nitrogen and oxygen atoms in total. The van der Waals surface area contributed by atoms with E-state index in [0.29, 0.717) is 22.0 Å². The molecule has 1 amide bonds. The molecule has 2 aromatic carbocycles. The fourth-order valence-corrected chi connectivity index (χ4v) is 2.08. The Kier molecular flexibility index (Phi) is 4.07. The van der Waals surface area contributed by atoms with Crippen molar-refractivity contribution >= 4 is 44.8 Å². The number of rotatable bonds is 2. The molecule has 0 radical (unpaired) electrons. The summed E-state index contributed by atoms with van der Waals surface area (Å²) in [7, 11) is 0. The van der Waals surface area contributed by atoms with E-state index in [-0.39, 0.29) is 10.4 Å². The Balaban J connectivity index is 2.23. The van der Waals surface area contributed by atoms with E-state index in [1.165, 1.54) is 24.3 Å². The van der Waals surface area contributed by atoms with Gasteiger partial charge in [-0.2, -0.15) is 0 Å². The van der Waals surface area contributed by atoms with Crippen molar-refractivity contribution in [2.75, 3.05) is 11.1 Å². The Morgan fingerprint density at radius 1 is 1.26 bits per heavy atom. The second kappa shape index (κ2) is 5.59. The molecule has 0 aromatic heterocycles. The summed E-state index contributed by atoms with van der Waals surface area (Å²) >= 11 is 8.98. The number of carbonyl (C=O) groups is 1. The largest absolute Gasteiger partial charge is 0.399 e. The predicted molar refractivity (Wildman–Crippen MR) is 77.9 cm³/mol. The van der Waals surface area contributed by atoms with Crippen LogP contribution in [0.4, 0.5) is 15.8 Å². The first-order chi connectivity index (χ1) is 8.97. The molecule has 0 unspecified atom stereocenters. The van der Waals surface area contributed by atoms with Crippen LogP contribution in [0, 0.1) is 5.82 Å². The zero-order valence-corrected chi connectivity index (χ0v) is 11.9. The molecule has 0 aliphatic rings. The van der Waals surface area contributed by atoms with Crippen molar-refractivity contribution in [3.63, 3.8) is 0 Å². The van der Waals surface area contributed by atoms with Crippen molar-refractivity contribution in [3.05, 3.63) is 57.3 Å². The van der Waals surface area contributed by atoms with Crippen LogP contribution in [-0.4, -0.2) is 5.91 Å². The van der Waals surface area contributed by atoms with E-state index in [1.54, 1.807) is 12.1 Å². The fraction of sp³-hybridized carbons (Fsp3) is 0. The van der Waals surface area contributed by atoms with E-state index in [2.05, 4.69) is 21.2 Å². The van der Waals surface area contributed by atoms with Gasteiger partial charge in [0.15, 0.2) is 0 Å². The first kappa shape index (κ1) is 13.8. The Labute approximate surface area is 122 Å². The zero-order valence-electron chi connectivity index (χ0n) is 9.58. The monoisotopic (exact) mass is 342 g/mol. The molecule has 0 atom stereocenters. The quantitative estimate of drug-likeness (QED) is 0.807. The van der Waals surface area contributed by atoms with Crippen molar-refractivity contribution in [3.8, 4) is 0 Å². The van der Waals surface area contributed by atoms with E-state index in [1.807, 2.05) is 0 Å². The highest BCUT2D eigenvalue weighted by Gasteiger charge is 2.10. The summed E-state index contributed by atoms with van der Waals surface area (Å²) in [5.74, 6) is -0.811. The van der Waals surface area contributed by atoms with E-state index in [9.17, 15) is 9.18 Å². The molecule has 0 saturated carbocycles. The minimum absolute atomic E-state index is 0.226. The van der Waals surface area contributed by atoms with Crippen LogP contribution in [0.3, 0.4) is 0 Å². The number of benzene rings is 2. The molecule has 0 saturated heterocycles. The Bertz CT molecular complexity index is 649. The number of halogens is 3. The van der Waals surface area contributed by atoms with Crippen LogP contribution < -0.4 is 11.1 Å². The second-order valence-corrected chi connectivity index (χ2v) is 5.08. The minimum Gasteiger partial charge on any atom is -0.399 e. The maximum absolute atomic E-state index is 13.1. The predicted octanol–water partition coefficient (Wildman–Crippen LogP) is 4.08. The lowest BCUT2D eigenvalue weighted by Crippen LogP contribution is -2.12. The standard InChI is InChI=1S/C13H9BrClFN2O/c14-9-5-7(1-3-11(9)16)13(19)18-12-4-2-8(17)6-10(12)15/h1-6H,17H2,(H,18,19). The molecule has 2 aromatic rings. The van der Waals surface area contributed by atoms with Gasteiger partial charge in [0.1, 0.15) is 5.82 Å². The highest BCUT2D eigenvalue weighted by molar-refractivity contribution is 9.10. The maximum Gasteiger partial charge on any atom is 0.255 e. The van der Waals surface area contributed by atoms with Gasteiger partial charge in [-0.05, 0) is 52.3 Å². The molecule has 0 heterocycles. The highest BCUT2D eigenvalue weighted by atomic mass is 79.9. The van der Waals surface area contributed by atoms with Crippen LogP contribution >= 0.6 is 27.5 Å². The van der Waals surface area contributed by atoms with Crippen LogP contribution in [0.25, 0.3) is 0 Å². The number of anilines is 2. The molecule has 0 bridgehead atoms. The third kappa shape index (κ3) is 3.24. The molecule has 0 spiro atoms. The third-order valence-electron chi connectivity index (χ3n) is 2.42. The number of hydrogen-bond acceptors (Lipinski definition) is 2. The van der Waals surface area contributed by atoms with Gasteiger partial charge >= 0.3 is 0 Å². The Morgan fingerprint density at radius 3 is 2.63 bits per heavy atom. The Morgan fingerprint density at radius 2 is 2.00 bits per heavy atom. The lowest BCUT2D eigenvalue weighted by atomic mass is 10.2. The molecule has 0 aliphatic carbocycles. The highest BCUT2D eigenvalue weighted by Crippen LogP contribution is 2.25. The number of carbonyl (C=O) groups excluding carboxylic acids is 1. The molecular formula is C13H9BrClFN2O. The van der Waals surface area contributed by atoms with Crippen molar-refractivity contribution < 1.29 is 9.18 Å². The fourth-order valence-electron chi connectivity index (χ4n) is 1.46. The molecule has 98 valence electrons. The van der Waals surface area contributed by atoms with Crippen molar-refractivity contribution in [2.45, 2.75) is 0 Å². The normalized spacial score (nSPS) is 10.3. The topological polar surface area (TPSA) is 55.1 Å². The van der Waals surface area contributed by atoms with E-state index >= 15 is 0 Å². The lowest BCUT2D eigenvalue weighted by Gasteiger charge is -2.08. The molecule has 0 fully saturated rings. The second-order valence-electron chi connectivity index (χ2n) is 3.82. The first-order valence-corrected chi connectivity index (χ1v) is 6.46. The SMILES string of the molecule is Nc1ccc(NC(=O)c2ccc(F)c(Br)c2)c(Cl)c1. The summed E-state index contributed by atoms with van der Waals surface area (Å²) in [6.45, 7) is 0. The van der Waals surface area contributed by atoms with E-state index in [4.69, 9.17) is 17.3 Å². The lowest BCUT2D eigenvalue weighted by molar-refractivity contribution is 0.102. The minimum atomic E-state index is -0.429. The van der Waals surface area contributed by atoms with E-state index in [0.717, 1.165) is 0 Å². The number of nitrogen functional groups attached to an aromatic ring is 1. The van der Waals surface area contributed by atoms with Gasteiger partial charge in [0, 0.05) is 11.3 Å². The molecule has 19 heavy (non-hydrogen) atoms. The molecule has 0 aliphatic heterocycles. The van der Waals surface area contributed by atoms with Crippen LogP contribution in [0.15, 0.2) is 40.9 Å². The zero-order chi connectivity index (χ0) is 14.0. The molecule has 3 N–H and O–H groups in total. The van der Waals surface area contributed by atoms with Gasteiger partial charge in [0.25, 0.3) is 5.91 Å². The summed E-state index contributed by atoms with van der Waals surface area (Å²) in [6.07, 6.45) is 0. The summed E-state index contributed by atoms with van der Waals surface area (Å²) in [5.41, 5.74) is 6.83. The van der Waals surface area contributed by atoms with Crippen molar-refractivity contribution in [2.24, 2.45) is 0 Å². The van der Waals surface area contributed by atoms with Crippen molar-refractivity contribution in [1.82, 2.24) is 0 Å². The van der Waals surface area contributed by atoms with Crippen molar-refractivity contribution in [1.29, 1.82) is 0 Å². The van der Waals surface area contributed by atoms with Gasteiger partial charge in [-0.15, -0.1) is 0 Å². The van der Waals surface area contributed by atoms with Gasteiger partial charge in [0.2, 0.25) is 0 Å². The molecule has 6 heteroatoms. The van der Waals surface area contributed by atoms with Crippen LogP contribution in [-0.2, 0) is 0 Å². The Hall–Kier alpha value is -1.59. The van der Waals surface area contributed by atoms with Gasteiger partial charge in [-0.1, -0.05) is 11.6 Å². The summed E-state index contributed by atoms with van der Waals surface area (Å²) in [6, 6.07) is 8.77. The molecule has 2 rings (SSSR count). The van der Waals surface area contributed by atoms with Gasteiger partial charge in [-0.25, -0.2) is 4.39 Å². The summed E-state index contributed by atoms with van der Waals surface area (Å²) in [5, 5.41) is 2.97. The summed E-state index contributed by atoms with van der Waals surface area (Å²) < 4.78 is 13.3.